The van der Waals surface area contributed by atoms with E-state index in [4.69, 9.17) is 0 Å². The first-order valence-electron chi connectivity index (χ1n) is 5.27. The van der Waals surface area contributed by atoms with Crippen LogP contribution in [0.5, 0.6) is 0 Å². The molecular formula is C11H12FN5O. The van der Waals surface area contributed by atoms with Crippen molar-refractivity contribution in [2.24, 2.45) is 0 Å². The maximum absolute atomic E-state index is 12.7. The molecule has 2 rings (SSSR count). The van der Waals surface area contributed by atoms with Gasteiger partial charge in [0, 0.05) is 12.7 Å². The van der Waals surface area contributed by atoms with Gasteiger partial charge in [0.2, 0.25) is 0 Å². The third kappa shape index (κ3) is 3.03. The molecular weight excluding hydrogens is 237 g/mol. The molecule has 2 aromatic rings. The molecule has 0 spiro atoms. The fourth-order valence-corrected chi connectivity index (χ4v) is 1.36. The van der Waals surface area contributed by atoms with Gasteiger partial charge in [-0.3, -0.25) is 5.10 Å². The number of H-pyrrole nitrogens is 1. The molecule has 0 radical (unpaired) electrons. The molecule has 0 fully saturated rings. The first-order valence-corrected chi connectivity index (χ1v) is 5.27. The van der Waals surface area contributed by atoms with Crippen molar-refractivity contribution in [3.63, 3.8) is 0 Å². The van der Waals surface area contributed by atoms with Gasteiger partial charge in [-0.1, -0.05) is 0 Å². The van der Waals surface area contributed by atoms with Crippen molar-refractivity contribution in [3.05, 3.63) is 42.2 Å². The maximum atomic E-state index is 12.7. The highest BCUT2D eigenvalue weighted by Gasteiger charge is 2.10. The second-order valence-corrected chi connectivity index (χ2v) is 3.73. The molecule has 1 aromatic carbocycles. The molecule has 94 valence electrons. The SMILES string of the molecule is CN(Cc1ncn[nH]1)C(=O)Nc1ccc(F)cc1. The molecule has 7 heteroatoms. The number of benzene rings is 1. The molecule has 0 unspecified atom stereocenters. The van der Waals surface area contributed by atoms with Crippen LogP contribution in [0.4, 0.5) is 14.9 Å². The van der Waals surface area contributed by atoms with Gasteiger partial charge in [-0.05, 0) is 24.3 Å². The summed E-state index contributed by atoms with van der Waals surface area (Å²) in [5, 5.41) is 8.99. The van der Waals surface area contributed by atoms with Crippen LogP contribution in [0.25, 0.3) is 0 Å². The maximum Gasteiger partial charge on any atom is 0.321 e. The summed E-state index contributed by atoms with van der Waals surface area (Å²) in [5.41, 5.74) is 0.533. The molecule has 0 aliphatic carbocycles. The zero-order valence-corrected chi connectivity index (χ0v) is 9.72. The average molecular weight is 249 g/mol. The molecule has 0 saturated carbocycles. The smallest absolute Gasteiger partial charge is 0.320 e. The summed E-state index contributed by atoms with van der Waals surface area (Å²) in [6.45, 7) is 0.313. The van der Waals surface area contributed by atoms with E-state index in [0.29, 0.717) is 18.1 Å². The fraction of sp³-hybridized carbons (Fsp3) is 0.182. The lowest BCUT2D eigenvalue weighted by atomic mass is 10.3. The minimum atomic E-state index is -0.344. The Morgan fingerprint density at radius 3 is 2.78 bits per heavy atom. The summed E-state index contributed by atoms with van der Waals surface area (Å²) < 4.78 is 12.7. The normalized spacial score (nSPS) is 10.1. The Morgan fingerprint density at radius 1 is 1.44 bits per heavy atom. The molecule has 0 atom stereocenters. The Morgan fingerprint density at radius 2 is 2.17 bits per heavy atom. The highest BCUT2D eigenvalue weighted by molar-refractivity contribution is 5.88. The van der Waals surface area contributed by atoms with Gasteiger partial charge < -0.3 is 10.2 Å². The van der Waals surface area contributed by atoms with Crippen LogP contribution in [0.15, 0.2) is 30.6 Å². The Hall–Kier alpha value is -2.44. The summed E-state index contributed by atoms with van der Waals surface area (Å²) >= 11 is 0. The van der Waals surface area contributed by atoms with Crippen molar-refractivity contribution >= 4 is 11.7 Å². The largest absolute Gasteiger partial charge is 0.321 e. The number of rotatable bonds is 3. The lowest BCUT2D eigenvalue weighted by molar-refractivity contribution is 0.219. The number of urea groups is 1. The van der Waals surface area contributed by atoms with Crippen LogP contribution in [0.2, 0.25) is 0 Å². The van der Waals surface area contributed by atoms with Crippen LogP contribution >= 0.6 is 0 Å². The van der Waals surface area contributed by atoms with Crippen molar-refractivity contribution in [2.75, 3.05) is 12.4 Å². The predicted molar refractivity (Wildman–Crippen MR) is 63.3 cm³/mol. The van der Waals surface area contributed by atoms with Crippen molar-refractivity contribution in [3.8, 4) is 0 Å². The molecule has 2 N–H and O–H groups in total. The number of hydrogen-bond acceptors (Lipinski definition) is 3. The van der Waals surface area contributed by atoms with Gasteiger partial charge in [-0.2, -0.15) is 5.10 Å². The van der Waals surface area contributed by atoms with Crippen LogP contribution in [0.3, 0.4) is 0 Å². The Labute approximate surface area is 103 Å². The summed E-state index contributed by atoms with van der Waals surface area (Å²) in [7, 11) is 1.63. The summed E-state index contributed by atoms with van der Waals surface area (Å²) in [6, 6.07) is 5.25. The third-order valence-electron chi connectivity index (χ3n) is 2.29. The standard InChI is InChI=1S/C11H12FN5O/c1-17(6-10-13-7-14-16-10)11(18)15-9-4-2-8(12)3-5-9/h2-5,7H,6H2,1H3,(H,15,18)(H,13,14,16). The number of aromatic amines is 1. The second-order valence-electron chi connectivity index (χ2n) is 3.73. The number of aromatic nitrogens is 3. The van der Waals surface area contributed by atoms with E-state index >= 15 is 0 Å². The quantitative estimate of drug-likeness (QED) is 0.867. The minimum Gasteiger partial charge on any atom is -0.320 e. The van der Waals surface area contributed by atoms with Gasteiger partial charge in [0.25, 0.3) is 0 Å². The van der Waals surface area contributed by atoms with Crippen LogP contribution in [0.1, 0.15) is 5.82 Å². The molecule has 0 aliphatic rings. The first-order chi connectivity index (χ1) is 8.65. The number of amides is 2. The van der Waals surface area contributed by atoms with Gasteiger partial charge in [0.05, 0.1) is 6.54 Å². The molecule has 6 nitrogen and oxygen atoms in total. The predicted octanol–water partition coefficient (Wildman–Crippen LogP) is 1.61. The molecule has 1 aromatic heterocycles. The fourth-order valence-electron chi connectivity index (χ4n) is 1.36. The molecule has 2 amide bonds. The van der Waals surface area contributed by atoms with Crippen LogP contribution in [-0.4, -0.2) is 33.2 Å². The van der Waals surface area contributed by atoms with Crippen LogP contribution < -0.4 is 5.32 Å². The van der Waals surface area contributed by atoms with E-state index in [1.54, 1.807) is 7.05 Å². The molecule has 0 aliphatic heterocycles. The van der Waals surface area contributed by atoms with E-state index in [0.717, 1.165) is 0 Å². The lowest BCUT2D eigenvalue weighted by Gasteiger charge is -2.16. The van der Waals surface area contributed by atoms with E-state index in [1.165, 1.54) is 35.5 Å². The van der Waals surface area contributed by atoms with Crippen LogP contribution in [-0.2, 0) is 6.54 Å². The number of nitrogens with zero attached hydrogens (tertiary/aromatic N) is 3. The highest BCUT2D eigenvalue weighted by Crippen LogP contribution is 2.09. The Kier molecular flexibility index (Phi) is 3.52. The number of hydrogen-bond donors (Lipinski definition) is 2. The second kappa shape index (κ2) is 5.26. The van der Waals surface area contributed by atoms with Crippen molar-refractivity contribution in [1.29, 1.82) is 0 Å². The van der Waals surface area contributed by atoms with Crippen molar-refractivity contribution < 1.29 is 9.18 Å². The van der Waals surface area contributed by atoms with Gasteiger partial charge in [-0.25, -0.2) is 14.2 Å². The van der Waals surface area contributed by atoms with Gasteiger partial charge >= 0.3 is 6.03 Å². The molecule has 0 bridgehead atoms. The van der Waals surface area contributed by atoms with Crippen molar-refractivity contribution in [2.45, 2.75) is 6.54 Å². The number of carbonyl (C=O) groups excluding carboxylic acids is 1. The van der Waals surface area contributed by atoms with Gasteiger partial charge in [0.15, 0.2) is 0 Å². The van der Waals surface area contributed by atoms with E-state index in [-0.39, 0.29) is 11.8 Å². The lowest BCUT2D eigenvalue weighted by Crippen LogP contribution is -2.31. The van der Waals surface area contributed by atoms with Gasteiger partial charge in [0.1, 0.15) is 18.0 Å². The van der Waals surface area contributed by atoms with E-state index in [9.17, 15) is 9.18 Å². The number of halogens is 1. The first kappa shape index (κ1) is 12.0. The molecule has 0 saturated heterocycles. The summed E-state index contributed by atoms with van der Waals surface area (Å²) in [6.07, 6.45) is 1.38. The van der Waals surface area contributed by atoms with E-state index in [2.05, 4.69) is 20.5 Å². The Bertz CT molecular complexity index is 511. The topological polar surface area (TPSA) is 73.9 Å². The molecule has 18 heavy (non-hydrogen) atoms. The monoisotopic (exact) mass is 249 g/mol. The number of nitrogens with one attached hydrogen (secondary N) is 2. The molecule has 1 heterocycles. The van der Waals surface area contributed by atoms with Crippen LogP contribution in [0, 0.1) is 5.82 Å². The summed E-state index contributed by atoms with van der Waals surface area (Å²) in [5.74, 6) is 0.245. The highest BCUT2D eigenvalue weighted by atomic mass is 19.1. The minimum absolute atomic E-state index is 0.307. The van der Waals surface area contributed by atoms with Gasteiger partial charge in [-0.15, -0.1) is 0 Å². The van der Waals surface area contributed by atoms with E-state index < -0.39 is 0 Å². The zero-order valence-electron chi connectivity index (χ0n) is 9.72. The zero-order chi connectivity index (χ0) is 13.0. The van der Waals surface area contributed by atoms with E-state index in [1.807, 2.05) is 0 Å². The third-order valence-corrected chi connectivity index (χ3v) is 2.29. The summed E-state index contributed by atoms with van der Waals surface area (Å²) in [4.78, 5) is 17.1. The number of carbonyl (C=O) groups is 1. The number of anilines is 1. The Balaban J connectivity index is 1.93. The van der Waals surface area contributed by atoms with Crippen molar-refractivity contribution in [1.82, 2.24) is 20.1 Å². The average Bonchev–Trinajstić information content (AvgIpc) is 2.85.